The van der Waals surface area contributed by atoms with E-state index in [0.29, 0.717) is 11.5 Å². The van der Waals surface area contributed by atoms with Gasteiger partial charge in [-0.25, -0.2) is 0 Å². The van der Waals surface area contributed by atoms with Gasteiger partial charge in [0.2, 0.25) is 0 Å². The average molecular weight is 261 g/mol. The van der Waals surface area contributed by atoms with Gasteiger partial charge in [-0.05, 0) is 31.2 Å². The lowest BCUT2D eigenvalue weighted by Crippen LogP contribution is -2.11. The number of nitrogens with two attached hydrogens (primary N) is 1. The van der Waals surface area contributed by atoms with Crippen LogP contribution >= 0.6 is 12.2 Å². The van der Waals surface area contributed by atoms with Crippen LogP contribution < -0.4 is 10.5 Å². The summed E-state index contributed by atoms with van der Waals surface area (Å²) in [5, 5.41) is 4.35. The Kier molecular flexibility index (Phi) is 3.62. The van der Waals surface area contributed by atoms with Crippen molar-refractivity contribution in [1.29, 1.82) is 0 Å². The van der Waals surface area contributed by atoms with Crippen molar-refractivity contribution in [3.05, 3.63) is 47.3 Å². The Bertz CT molecular complexity index is 577. The van der Waals surface area contributed by atoms with Crippen LogP contribution in [0.3, 0.4) is 0 Å². The molecule has 0 fully saturated rings. The van der Waals surface area contributed by atoms with Crippen LogP contribution in [0.15, 0.2) is 30.5 Å². The third-order valence-corrected chi connectivity index (χ3v) is 2.91. The molecule has 5 heteroatoms. The minimum absolute atomic E-state index is 0.385. The molecular formula is C13H15N3OS. The first-order chi connectivity index (χ1) is 8.60. The molecule has 0 aliphatic heterocycles. The van der Waals surface area contributed by atoms with Crippen molar-refractivity contribution in [3.8, 4) is 5.75 Å². The van der Waals surface area contributed by atoms with Crippen molar-refractivity contribution >= 4 is 17.2 Å². The number of hydrogen-bond acceptors (Lipinski definition) is 3. The average Bonchev–Trinajstić information content (AvgIpc) is 2.74. The molecule has 0 atom stereocenters. The van der Waals surface area contributed by atoms with Gasteiger partial charge >= 0.3 is 0 Å². The van der Waals surface area contributed by atoms with E-state index in [1.54, 1.807) is 7.11 Å². The lowest BCUT2D eigenvalue weighted by Gasteiger charge is -2.10. The number of rotatable bonds is 4. The number of benzene rings is 1. The quantitative estimate of drug-likeness (QED) is 0.854. The Morgan fingerprint density at radius 1 is 1.44 bits per heavy atom. The minimum atomic E-state index is 0.385. The van der Waals surface area contributed by atoms with Crippen molar-refractivity contribution in [2.45, 2.75) is 13.5 Å². The SMILES string of the molecule is COc1ccc(C(N)=S)cc1Cn1ccc(C)n1. The van der Waals surface area contributed by atoms with E-state index in [0.717, 1.165) is 22.6 Å². The Balaban J connectivity index is 2.35. The monoisotopic (exact) mass is 261 g/mol. The second-order valence-electron chi connectivity index (χ2n) is 4.05. The smallest absolute Gasteiger partial charge is 0.123 e. The fourth-order valence-electron chi connectivity index (χ4n) is 1.78. The molecule has 0 unspecified atom stereocenters. The van der Waals surface area contributed by atoms with Crippen LogP contribution in [-0.4, -0.2) is 21.9 Å². The predicted molar refractivity (Wildman–Crippen MR) is 74.9 cm³/mol. The van der Waals surface area contributed by atoms with Crippen LogP contribution in [0.1, 0.15) is 16.8 Å². The highest BCUT2D eigenvalue weighted by atomic mass is 32.1. The molecule has 0 saturated carbocycles. The molecule has 0 bridgehead atoms. The summed E-state index contributed by atoms with van der Waals surface area (Å²) in [4.78, 5) is 0.385. The maximum Gasteiger partial charge on any atom is 0.123 e. The summed E-state index contributed by atoms with van der Waals surface area (Å²) in [7, 11) is 1.65. The van der Waals surface area contributed by atoms with Gasteiger partial charge in [0.05, 0.1) is 19.3 Å². The third-order valence-electron chi connectivity index (χ3n) is 2.67. The van der Waals surface area contributed by atoms with E-state index in [1.807, 2.05) is 42.1 Å². The van der Waals surface area contributed by atoms with E-state index < -0.39 is 0 Å². The molecule has 0 saturated heterocycles. The van der Waals surface area contributed by atoms with Gasteiger partial charge < -0.3 is 10.5 Å². The van der Waals surface area contributed by atoms with Gasteiger partial charge in [0.25, 0.3) is 0 Å². The van der Waals surface area contributed by atoms with Gasteiger partial charge in [0.1, 0.15) is 10.7 Å². The van der Waals surface area contributed by atoms with Crippen molar-refractivity contribution < 1.29 is 4.74 Å². The molecular weight excluding hydrogens is 246 g/mol. The molecule has 0 radical (unpaired) electrons. The summed E-state index contributed by atoms with van der Waals surface area (Å²) in [5.74, 6) is 0.808. The van der Waals surface area contributed by atoms with Crippen LogP contribution in [0.25, 0.3) is 0 Å². The Morgan fingerprint density at radius 2 is 2.22 bits per heavy atom. The molecule has 2 aromatic rings. The summed E-state index contributed by atoms with van der Waals surface area (Å²) in [6, 6.07) is 7.64. The standard InChI is InChI=1S/C13H15N3OS/c1-9-5-6-16(15-9)8-11-7-10(13(14)18)3-4-12(11)17-2/h3-7H,8H2,1-2H3,(H2,14,18). The van der Waals surface area contributed by atoms with Gasteiger partial charge in [-0.2, -0.15) is 5.10 Å². The lowest BCUT2D eigenvalue weighted by atomic mass is 10.1. The van der Waals surface area contributed by atoms with Crippen LogP contribution in [0, 0.1) is 6.92 Å². The fourth-order valence-corrected chi connectivity index (χ4v) is 1.91. The van der Waals surface area contributed by atoms with Gasteiger partial charge in [0, 0.05) is 17.3 Å². The van der Waals surface area contributed by atoms with Crippen LogP contribution in [-0.2, 0) is 6.54 Å². The van der Waals surface area contributed by atoms with Gasteiger partial charge in [-0.1, -0.05) is 12.2 Å². The topological polar surface area (TPSA) is 53.1 Å². The molecule has 18 heavy (non-hydrogen) atoms. The highest BCUT2D eigenvalue weighted by Gasteiger charge is 2.07. The predicted octanol–water partition coefficient (Wildman–Crippen LogP) is 1.88. The molecule has 0 aliphatic carbocycles. The summed E-state index contributed by atoms with van der Waals surface area (Å²) in [6.45, 7) is 2.59. The number of aromatic nitrogens is 2. The largest absolute Gasteiger partial charge is 0.496 e. The molecule has 1 heterocycles. The second kappa shape index (κ2) is 5.18. The lowest BCUT2D eigenvalue weighted by molar-refractivity contribution is 0.407. The van der Waals surface area contributed by atoms with Crippen LogP contribution in [0.5, 0.6) is 5.75 Å². The molecule has 94 valence electrons. The highest BCUT2D eigenvalue weighted by Crippen LogP contribution is 2.21. The molecule has 1 aromatic carbocycles. The van der Waals surface area contributed by atoms with Crippen molar-refractivity contribution in [3.63, 3.8) is 0 Å². The number of aryl methyl sites for hydroxylation is 1. The number of thiocarbonyl (C=S) groups is 1. The van der Waals surface area contributed by atoms with Crippen molar-refractivity contribution in [1.82, 2.24) is 9.78 Å². The van der Waals surface area contributed by atoms with E-state index in [2.05, 4.69) is 5.10 Å². The molecule has 1 aromatic heterocycles. The van der Waals surface area contributed by atoms with E-state index in [9.17, 15) is 0 Å². The van der Waals surface area contributed by atoms with E-state index >= 15 is 0 Å². The van der Waals surface area contributed by atoms with Crippen molar-refractivity contribution in [2.75, 3.05) is 7.11 Å². The first-order valence-corrected chi connectivity index (χ1v) is 5.98. The van der Waals surface area contributed by atoms with E-state index in [1.165, 1.54) is 0 Å². The zero-order valence-electron chi connectivity index (χ0n) is 10.4. The van der Waals surface area contributed by atoms with Gasteiger partial charge in [-0.3, -0.25) is 4.68 Å². The number of hydrogen-bond donors (Lipinski definition) is 1. The number of methoxy groups -OCH3 is 1. The minimum Gasteiger partial charge on any atom is -0.496 e. The molecule has 0 spiro atoms. The summed E-state index contributed by atoms with van der Waals surface area (Å²) < 4.78 is 7.19. The molecule has 2 N–H and O–H groups in total. The van der Waals surface area contributed by atoms with Gasteiger partial charge in [-0.15, -0.1) is 0 Å². The fraction of sp³-hybridized carbons (Fsp3) is 0.231. The molecule has 0 amide bonds. The normalized spacial score (nSPS) is 10.3. The Hall–Kier alpha value is -1.88. The molecule has 2 rings (SSSR count). The maximum absolute atomic E-state index is 5.64. The van der Waals surface area contributed by atoms with Gasteiger partial charge in [0.15, 0.2) is 0 Å². The zero-order chi connectivity index (χ0) is 13.1. The molecule has 0 aliphatic rings. The molecule has 4 nitrogen and oxygen atoms in total. The van der Waals surface area contributed by atoms with Crippen LogP contribution in [0.2, 0.25) is 0 Å². The zero-order valence-corrected chi connectivity index (χ0v) is 11.2. The second-order valence-corrected chi connectivity index (χ2v) is 4.49. The summed E-state index contributed by atoms with van der Waals surface area (Å²) in [5.41, 5.74) is 8.47. The number of ether oxygens (including phenoxy) is 1. The third kappa shape index (κ3) is 2.68. The highest BCUT2D eigenvalue weighted by molar-refractivity contribution is 7.80. The van der Waals surface area contributed by atoms with E-state index in [4.69, 9.17) is 22.7 Å². The van der Waals surface area contributed by atoms with Crippen molar-refractivity contribution in [2.24, 2.45) is 5.73 Å². The summed E-state index contributed by atoms with van der Waals surface area (Å²) in [6.07, 6.45) is 1.93. The maximum atomic E-state index is 5.64. The van der Waals surface area contributed by atoms with Crippen LogP contribution in [0.4, 0.5) is 0 Å². The number of nitrogens with zero attached hydrogens (tertiary/aromatic N) is 2. The Morgan fingerprint density at radius 3 is 2.78 bits per heavy atom. The van der Waals surface area contributed by atoms with E-state index in [-0.39, 0.29) is 0 Å². The first-order valence-electron chi connectivity index (χ1n) is 5.57. The Labute approximate surface area is 111 Å². The summed E-state index contributed by atoms with van der Waals surface area (Å²) >= 11 is 4.98. The first kappa shape index (κ1) is 12.6.